The fourth-order valence-corrected chi connectivity index (χ4v) is 7.14. The molecule has 0 saturated carbocycles. The molecule has 1 saturated heterocycles. The number of halogens is 6. The number of nitrogens with one attached hydrogen (secondary N) is 1. The van der Waals surface area contributed by atoms with Gasteiger partial charge in [-0.05, 0) is 24.3 Å². The van der Waals surface area contributed by atoms with Gasteiger partial charge in [0.2, 0.25) is 0 Å². The first-order valence-electron chi connectivity index (χ1n) is 13.8. The van der Waals surface area contributed by atoms with E-state index in [9.17, 15) is 27.5 Å². The number of hydrogen-bond donors (Lipinski definition) is 2. The molecule has 0 aliphatic carbocycles. The number of aliphatic hydroxyl groups is 1. The van der Waals surface area contributed by atoms with E-state index >= 15 is 4.39 Å². The highest BCUT2D eigenvalue weighted by atomic mass is 127. The van der Waals surface area contributed by atoms with Crippen LogP contribution in [0.5, 0.6) is 0 Å². The van der Waals surface area contributed by atoms with Crippen molar-refractivity contribution in [3.63, 3.8) is 0 Å². The second kappa shape index (κ2) is 14.6. The summed E-state index contributed by atoms with van der Waals surface area (Å²) < 4.78 is 89.5. The molecule has 4 aromatic rings. The van der Waals surface area contributed by atoms with E-state index in [2.05, 4.69) is 14.6 Å². The van der Waals surface area contributed by atoms with E-state index in [0.717, 1.165) is 9.64 Å². The van der Waals surface area contributed by atoms with Gasteiger partial charge in [-0.15, -0.1) is 11.8 Å². The third-order valence-electron chi connectivity index (χ3n) is 7.42. The number of aromatic nitrogens is 3. The lowest BCUT2D eigenvalue weighted by atomic mass is 9.90. The molecular weight excluding hydrogens is 760 g/mol. The number of ether oxygens (including phenoxy) is 2. The van der Waals surface area contributed by atoms with Crippen LogP contribution in [0.15, 0.2) is 55.1 Å². The Balaban J connectivity index is 1.23. The van der Waals surface area contributed by atoms with E-state index in [-0.39, 0.29) is 36.1 Å². The molecule has 3 aromatic carbocycles. The van der Waals surface area contributed by atoms with Gasteiger partial charge in [0, 0.05) is 25.5 Å². The van der Waals surface area contributed by atoms with E-state index in [4.69, 9.17) is 14.7 Å². The van der Waals surface area contributed by atoms with Crippen LogP contribution >= 0.6 is 32.5 Å². The lowest BCUT2D eigenvalue weighted by Gasteiger charge is -2.38. The standard InChI is InChI=1S/C31H25F5IN5O4S/c1-16(31(44,13-42-15-39-14-40-42)22-8-7-19(37-2)9-23(22)32)47-20-11-45-30(46-12-20)18-5-3-17(4-6-18)29(43)41-28-26(35)24(33)21(10-38)25(34)27(28)36/h3-9,14-16,20,30,44H,2,11-13H2,1H3,(H,41,43)/t16-,20?,30?,31-/m1/s1. The summed E-state index contributed by atoms with van der Waals surface area (Å²) in [6.07, 6.45) is 1.93. The molecule has 0 bridgehead atoms. The Hall–Kier alpha value is -3.76. The summed E-state index contributed by atoms with van der Waals surface area (Å²) in [6, 6.07) is 11.3. The lowest BCUT2D eigenvalue weighted by Crippen LogP contribution is -2.43. The number of amides is 1. The first kappa shape index (κ1) is 34.6. The van der Waals surface area contributed by atoms with Crippen molar-refractivity contribution in [3.05, 3.63) is 110 Å². The molecule has 2 N–H and O–H groups in total. The van der Waals surface area contributed by atoms with Gasteiger partial charge in [0.15, 0.2) is 29.6 Å². The monoisotopic (exact) mass is 785 g/mol. The fraction of sp³-hybridized carbons (Fsp3) is 0.258. The minimum absolute atomic E-state index is 0.0534. The third kappa shape index (κ3) is 7.23. The van der Waals surface area contributed by atoms with Gasteiger partial charge in [0.25, 0.3) is 5.91 Å². The Morgan fingerprint density at radius 3 is 2.36 bits per heavy atom. The van der Waals surface area contributed by atoms with Gasteiger partial charge in [-0.3, -0.25) is 4.79 Å². The van der Waals surface area contributed by atoms with Crippen molar-refractivity contribution in [2.24, 2.45) is 0 Å². The van der Waals surface area contributed by atoms with Crippen LogP contribution in [0.3, 0.4) is 0 Å². The Labute approximate surface area is 279 Å². The van der Waals surface area contributed by atoms with Gasteiger partial charge < -0.3 is 19.9 Å². The van der Waals surface area contributed by atoms with Gasteiger partial charge in [-0.25, -0.2) is 31.6 Å². The number of anilines is 1. The highest BCUT2D eigenvalue weighted by Gasteiger charge is 2.41. The average Bonchev–Trinajstić information content (AvgIpc) is 3.59. The van der Waals surface area contributed by atoms with E-state index in [1.165, 1.54) is 59.4 Å². The molecule has 0 spiro atoms. The molecule has 2 atom stereocenters. The molecule has 1 fully saturated rings. The molecule has 1 aromatic heterocycles. The maximum Gasteiger partial charge on any atom is 0.255 e. The smallest absolute Gasteiger partial charge is 0.255 e. The zero-order valence-corrected chi connectivity index (χ0v) is 27.4. The van der Waals surface area contributed by atoms with E-state index in [0.29, 0.717) is 5.56 Å². The molecular formula is C31H25F5IN5O4S. The van der Waals surface area contributed by atoms with Crippen molar-refractivity contribution < 1.29 is 41.3 Å². The highest BCUT2D eigenvalue weighted by molar-refractivity contribution is 14.2. The maximum atomic E-state index is 15.2. The van der Waals surface area contributed by atoms with E-state index in [1.807, 2.05) is 0 Å². The molecule has 47 heavy (non-hydrogen) atoms. The quantitative estimate of drug-likeness (QED) is 0.118. The summed E-state index contributed by atoms with van der Waals surface area (Å²) in [5.41, 5.74) is -3.95. The van der Waals surface area contributed by atoms with Crippen molar-refractivity contribution in [1.82, 2.24) is 14.8 Å². The van der Waals surface area contributed by atoms with Crippen LogP contribution in [0.2, 0.25) is 0 Å². The fourth-order valence-electron chi connectivity index (χ4n) is 4.89. The number of benzene rings is 3. The molecule has 2 heterocycles. The van der Waals surface area contributed by atoms with Crippen molar-refractivity contribution in [1.29, 1.82) is 5.26 Å². The zero-order chi connectivity index (χ0) is 33.9. The predicted molar refractivity (Wildman–Crippen MR) is 171 cm³/mol. The Bertz CT molecular complexity index is 1810. The molecule has 5 rings (SSSR count). The van der Waals surface area contributed by atoms with Crippen molar-refractivity contribution in [3.8, 4) is 6.07 Å². The van der Waals surface area contributed by atoms with Gasteiger partial charge in [-0.1, -0.05) is 50.4 Å². The topological polar surface area (TPSA) is 122 Å². The average molecular weight is 786 g/mol. The van der Waals surface area contributed by atoms with Crippen molar-refractivity contribution >= 4 is 48.6 Å². The molecule has 0 unspecified atom stereocenters. The Morgan fingerprint density at radius 1 is 1.15 bits per heavy atom. The van der Waals surface area contributed by atoms with Gasteiger partial charge in [0.05, 0.1) is 25.0 Å². The largest absolute Gasteiger partial charge is 0.382 e. The Morgan fingerprint density at radius 2 is 1.81 bits per heavy atom. The summed E-state index contributed by atoms with van der Waals surface area (Å²) >= 11 is 0.761. The molecule has 1 aliphatic heterocycles. The predicted octanol–water partition coefficient (Wildman–Crippen LogP) is 5.79. The summed E-state index contributed by atoms with van der Waals surface area (Å²) in [5, 5.41) is 25.7. The second-order valence-electron chi connectivity index (χ2n) is 10.4. The maximum absolute atomic E-state index is 15.2. The minimum Gasteiger partial charge on any atom is -0.382 e. The van der Waals surface area contributed by atoms with Crippen molar-refractivity contribution in [2.75, 3.05) is 18.5 Å². The SMILES string of the molecule is C=Ic1ccc([C@@](O)(Cn2cncn2)[C@@H](C)SC2COC(c3ccc(C(=O)Nc4c(F)c(F)c(C#N)c(F)c4F)cc3)OC2)c(F)c1. The molecule has 9 nitrogen and oxygen atoms in total. The summed E-state index contributed by atoms with van der Waals surface area (Å²) in [7, 11) is 0. The van der Waals surface area contributed by atoms with Crippen molar-refractivity contribution in [2.45, 2.75) is 35.9 Å². The van der Waals surface area contributed by atoms with E-state index in [1.54, 1.807) is 24.4 Å². The highest BCUT2D eigenvalue weighted by Crippen LogP contribution is 2.40. The van der Waals surface area contributed by atoms with Crippen LogP contribution < -0.4 is 5.32 Å². The number of thioether (sulfide) groups is 1. The van der Waals surface area contributed by atoms with Crippen LogP contribution in [0.1, 0.15) is 40.3 Å². The number of nitriles is 1. The van der Waals surface area contributed by atoms with Crippen LogP contribution in [0, 0.1) is 44.0 Å². The normalized spacial score (nSPS) is 18.3. The number of rotatable bonds is 10. The summed E-state index contributed by atoms with van der Waals surface area (Å²) in [6.45, 7) is 2.12. The molecule has 16 heteroatoms. The molecule has 1 aliphatic rings. The zero-order valence-electron chi connectivity index (χ0n) is 24.4. The number of carbonyl (C=O) groups is 1. The van der Waals surface area contributed by atoms with Crippen LogP contribution in [-0.4, -0.2) is 54.0 Å². The number of carbonyl (C=O) groups excluding carboxylic acids is 1. The van der Waals surface area contributed by atoms with E-state index < -0.39 is 84.1 Å². The third-order valence-corrected chi connectivity index (χ3v) is 10.4. The van der Waals surface area contributed by atoms with Gasteiger partial charge in [-0.2, -0.15) is 10.4 Å². The Kier molecular flexibility index (Phi) is 10.7. The first-order chi connectivity index (χ1) is 22.5. The molecule has 246 valence electrons. The van der Waals surface area contributed by atoms with Gasteiger partial charge in [0.1, 0.15) is 41.4 Å². The van der Waals surface area contributed by atoms with Gasteiger partial charge >= 0.3 is 0 Å². The second-order valence-corrected chi connectivity index (χ2v) is 14.0. The minimum atomic E-state index is -1.92. The lowest BCUT2D eigenvalue weighted by molar-refractivity contribution is -0.180. The van der Waals surface area contributed by atoms with Crippen LogP contribution in [-0.2, 0) is 21.6 Å². The first-order valence-corrected chi connectivity index (χ1v) is 17.3. The molecule has 1 amide bonds. The van der Waals surface area contributed by atoms with Crippen LogP contribution in [0.25, 0.3) is 0 Å². The van der Waals surface area contributed by atoms with Crippen LogP contribution in [0.4, 0.5) is 27.6 Å². The summed E-state index contributed by atoms with van der Waals surface area (Å²) in [4.78, 5) is 16.5. The summed E-state index contributed by atoms with van der Waals surface area (Å²) in [5.74, 6) is -9.28. The molecule has 0 radical (unpaired) electrons. The number of hydrogen-bond acceptors (Lipinski definition) is 8. The number of nitrogens with zero attached hydrogens (tertiary/aromatic N) is 4.